The van der Waals surface area contributed by atoms with Gasteiger partial charge in [0.2, 0.25) is 0 Å². The van der Waals surface area contributed by atoms with E-state index >= 15 is 0 Å². The second kappa shape index (κ2) is 8.03. The summed E-state index contributed by atoms with van der Waals surface area (Å²) in [5.74, 6) is 0. The molecule has 0 aromatic heterocycles. The van der Waals surface area contributed by atoms with Crippen LogP contribution in [0.15, 0.2) is 43.0 Å². The largest absolute Gasteiger partial charge is 0.390 e. The molecule has 100 valence electrons. The predicted molar refractivity (Wildman–Crippen MR) is 76.4 cm³/mol. The van der Waals surface area contributed by atoms with Gasteiger partial charge in [0.25, 0.3) is 0 Å². The minimum Gasteiger partial charge on any atom is -0.390 e. The molecule has 2 atom stereocenters. The second-order valence-electron chi connectivity index (χ2n) is 4.56. The van der Waals surface area contributed by atoms with Crippen molar-refractivity contribution in [2.45, 2.75) is 25.5 Å². The van der Waals surface area contributed by atoms with Crippen molar-refractivity contribution in [1.82, 2.24) is 4.90 Å². The topological polar surface area (TPSA) is 49.5 Å². The average Bonchev–Trinajstić information content (AvgIpc) is 2.39. The summed E-state index contributed by atoms with van der Waals surface area (Å²) < 4.78 is 0. The second-order valence-corrected chi connectivity index (χ2v) is 4.56. The van der Waals surface area contributed by atoms with Crippen molar-refractivity contribution in [3.63, 3.8) is 0 Å². The Balaban J connectivity index is 2.45. The van der Waals surface area contributed by atoms with Crippen LogP contribution >= 0.6 is 0 Å². The number of rotatable bonds is 8. The fourth-order valence-corrected chi connectivity index (χ4v) is 1.94. The summed E-state index contributed by atoms with van der Waals surface area (Å²) in [6.45, 7) is 8.05. The lowest BCUT2D eigenvalue weighted by atomic mass is 10.0. The van der Waals surface area contributed by atoms with Crippen molar-refractivity contribution in [3.8, 4) is 0 Å². The molecule has 0 unspecified atom stereocenters. The third kappa shape index (κ3) is 5.00. The molecule has 1 aromatic rings. The third-order valence-corrected chi connectivity index (χ3v) is 3.09. The molecule has 0 heterocycles. The van der Waals surface area contributed by atoms with Crippen molar-refractivity contribution in [1.29, 1.82) is 0 Å². The predicted octanol–water partition coefficient (Wildman–Crippen LogP) is 1.43. The molecule has 3 heteroatoms. The molecule has 0 aliphatic carbocycles. The van der Waals surface area contributed by atoms with Gasteiger partial charge in [0, 0.05) is 19.1 Å². The van der Waals surface area contributed by atoms with Gasteiger partial charge in [0.15, 0.2) is 0 Å². The average molecular weight is 248 g/mol. The van der Waals surface area contributed by atoms with Crippen LogP contribution in [-0.2, 0) is 6.42 Å². The van der Waals surface area contributed by atoms with E-state index < -0.39 is 6.10 Å². The summed E-state index contributed by atoms with van der Waals surface area (Å²) in [6, 6.07) is 9.80. The zero-order chi connectivity index (χ0) is 13.4. The van der Waals surface area contributed by atoms with Crippen LogP contribution in [0.3, 0.4) is 0 Å². The summed E-state index contributed by atoms with van der Waals surface area (Å²) in [6.07, 6.45) is 2.04. The van der Waals surface area contributed by atoms with E-state index in [2.05, 4.69) is 18.4 Å². The highest BCUT2D eigenvalue weighted by Gasteiger charge is 2.17. The first-order chi connectivity index (χ1) is 8.67. The molecule has 18 heavy (non-hydrogen) atoms. The first-order valence-corrected chi connectivity index (χ1v) is 6.48. The summed E-state index contributed by atoms with van der Waals surface area (Å²) in [5, 5.41) is 10.1. The Hall–Kier alpha value is -1.16. The van der Waals surface area contributed by atoms with Gasteiger partial charge in [-0.1, -0.05) is 43.3 Å². The highest BCUT2D eigenvalue weighted by molar-refractivity contribution is 5.16. The molecule has 0 saturated heterocycles. The molecular weight excluding hydrogens is 224 g/mol. The minimum absolute atomic E-state index is 0.230. The van der Waals surface area contributed by atoms with E-state index in [1.165, 1.54) is 0 Å². The Morgan fingerprint density at radius 1 is 1.39 bits per heavy atom. The molecule has 3 nitrogen and oxygen atoms in total. The molecule has 3 N–H and O–H groups in total. The number of nitrogens with two attached hydrogens (primary N) is 1. The first kappa shape index (κ1) is 14.9. The maximum atomic E-state index is 10.1. The van der Waals surface area contributed by atoms with Crippen LogP contribution in [0.5, 0.6) is 0 Å². The lowest BCUT2D eigenvalue weighted by Gasteiger charge is -2.26. The summed E-state index contributed by atoms with van der Waals surface area (Å²) >= 11 is 0. The van der Waals surface area contributed by atoms with E-state index in [1.807, 2.05) is 36.4 Å². The van der Waals surface area contributed by atoms with Gasteiger partial charge in [0.05, 0.1) is 6.10 Å². The fourth-order valence-electron chi connectivity index (χ4n) is 1.94. The number of likely N-dealkylation sites (N-methyl/N-ethyl adjacent to an activating group) is 1. The zero-order valence-corrected chi connectivity index (χ0v) is 11.1. The minimum atomic E-state index is -0.509. The van der Waals surface area contributed by atoms with Crippen molar-refractivity contribution in [2.24, 2.45) is 5.73 Å². The molecule has 0 radical (unpaired) electrons. The highest BCUT2D eigenvalue weighted by atomic mass is 16.3. The van der Waals surface area contributed by atoms with Gasteiger partial charge in [-0.15, -0.1) is 6.58 Å². The van der Waals surface area contributed by atoms with Crippen LogP contribution in [0.25, 0.3) is 0 Å². The Labute approximate surface area is 110 Å². The Bertz CT molecular complexity index is 340. The normalized spacial score (nSPS) is 14.4. The monoisotopic (exact) mass is 248 g/mol. The molecular formula is C15H24N2O. The number of benzene rings is 1. The van der Waals surface area contributed by atoms with Crippen LogP contribution in [-0.4, -0.2) is 41.8 Å². The smallest absolute Gasteiger partial charge is 0.0821 e. The van der Waals surface area contributed by atoms with E-state index in [-0.39, 0.29) is 6.04 Å². The Morgan fingerprint density at radius 2 is 2.06 bits per heavy atom. The van der Waals surface area contributed by atoms with Crippen molar-refractivity contribution >= 4 is 0 Å². The lowest BCUT2D eigenvalue weighted by Crippen LogP contribution is -2.44. The Morgan fingerprint density at radius 3 is 2.61 bits per heavy atom. The number of hydrogen-bond donors (Lipinski definition) is 2. The zero-order valence-electron chi connectivity index (χ0n) is 11.1. The number of aliphatic hydroxyl groups excluding tert-OH is 1. The van der Waals surface area contributed by atoms with Crippen molar-refractivity contribution in [2.75, 3.05) is 19.6 Å². The summed E-state index contributed by atoms with van der Waals surface area (Å²) in [5.41, 5.74) is 7.21. The van der Waals surface area contributed by atoms with E-state index in [4.69, 9.17) is 5.73 Å². The van der Waals surface area contributed by atoms with Crippen LogP contribution in [0, 0.1) is 0 Å². The van der Waals surface area contributed by atoms with Crippen molar-refractivity contribution in [3.05, 3.63) is 48.6 Å². The molecule has 0 aliphatic heterocycles. The molecule has 0 fully saturated rings. The van der Waals surface area contributed by atoms with E-state index in [9.17, 15) is 5.11 Å². The fraction of sp³-hybridized carbons (Fsp3) is 0.467. The van der Waals surface area contributed by atoms with E-state index in [0.29, 0.717) is 13.0 Å². The van der Waals surface area contributed by atoms with E-state index in [1.54, 1.807) is 0 Å². The van der Waals surface area contributed by atoms with Gasteiger partial charge >= 0.3 is 0 Å². The van der Waals surface area contributed by atoms with Crippen LogP contribution in [0.1, 0.15) is 12.5 Å². The molecule has 0 amide bonds. The van der Waals surface area contributed by atoms with Gasteiger partial charge < -0.3 is 10.8 Å². The van der Waals surface area contributed by atoms with Gasteiger partial charge in [0.1, 0.15) is 0 Å². The molecule has 1 rings (SSSR count). The van der Waals surface area contributed by atoms with Crippen LogP contribution in [0.2, 0.25) is 0 Å². The molecule has 0 aliphatic rings. The maximum Gasteiger partial charge on any atom is 0.0821 e. The molecule has 1 aromatic carbocycles. The molecule has 0 spiro atoms. The molecule has 0 saturated carbocycles. The van der Waals surface area contributed by atoms with Gasteiger partial charge in [-0.2, -0.15) is 0 Å². The van der Waals surface area contributed by atoms with E-state index in [0.717, 1.165) is 18.7 Å². The van der Waals surface area contributed by atoms with Gasteiger partial charge in [-0.25, -0.2) is 0 Å². The number of aliphatic hydroxyl groups is 1. The highest BCUT2D eigenvalue weighted by Crippen LogP contribution is 2.06. The quantitative estimate of drug-likeness (QED) is 0.684. The van der Waals surface area contributed by atoms with Gasteiger partial charge in [-0.05, 0) is 18.5 Å². The number of nitrogens with zero attached hydrogens (tertiary/aromatic N) is 1. The third-order valence-electron chi connectivity index (χ3n) is 3.09. The SMILES string of the molecule is C=CCN(CC)C[C@@H](O)[C@@H](N)Cc1ccccc1. The van der Waals surface area contributed by atoms with Gasteiger partial charge in [-0.3, -0.25) is 4.90 Å². The standard InChI is InChI=1S/C15H24N2O/c1-3-10-17(4-2)12-15(18)14(16)11-13-8-6-5-7-9-13/h3,5-9,14-15,18H,1,4,10-12,16H2,2H3/t14-,15+/m0/s1. The van der Waals surface area contributed by atoms with Crippen LogP contribution in [0.4, 0.5) is 0 Å². The number of hydrogen-bond acceptors (Lipinski definition) is 3. The van der Waals surface area contributed by atoms with Crippen molar-refractivity contribution < 1.29 is 5.11 Å². The first-order valence-electron chi connectivity index (χ1n) is 6.48. The maximum absolute atomic E-state index is 10.1. The Kier molecular flexibility index (Phi) is 6.65. The lowest BCUT2D eigenvalue weighted by molar-refractivity contribution is 0.0981. The van der Waals surface area contributed by atoms with Crippen LogP contribution < -0.4 is 5.73 Å². The molecule has 0 bridgehead atoms. The summed E-state index contributed by atoms with van der Waals surface area (Å²) in [4.78, 5) is 2.13. The summed E-state index contributed by atoms with van der Waals surface area (Å²) in [7, 11) is 0.